The highest BCUT2D eigenvalue weighted by atomic mass is 16.5. The Kier molecular flexibility index (Phi) is 4.44. The molecular formula is C20H19N3O3. The van der Waals surface area contributed by atoms with Crippen molar-refractivity contribution in [2.24, 2.45) is 11.1 Å². The lowest BCUT2D eigenvalue weighted by Gasteiger charge is -2.37. The van der Waals surface area contributed by atoms with Crippen LogP contribution in [0.3, 0.4) is 0 Å². The van der Waals surface area contributed by atoms with Crippen LogP contribution >= 0.6 is 0 Å². The minimum absolute atomic E-state index is 0.0110. The second-order valence-electron chi connectivity index (χ2n) is 7.19. The van der Waals surface area contributed by atoms with Gasteiger partial charge in [0.2, 0.25) is 5.88 Å². The first-order chi connectivity index (χ1) is 12.4. The number of para-hydroxylation sites is 1. The molecule has 1 atom stereocenters. The molecule has 26 heavy (non-hydrogen) atoms. The standard InChI is InChI=1S/C20H19N3O3/c1-20(2)9-14(24)18-16(10-20)26-19(23)13(11-22)17(18)12-5-3-4-6-15(12)25-8-7-21/h3-6,17H,8-10,23H2,1-2H3. The zero-order valence-electron chi connectivity index (χ0n) is 14.7. The van der Waals surface area contributed by atoms with E-state index in [2.05, 4.69) is 6.07 Å². The van der Waals surface area contributed by atoms with Gasteiger partial charge < -0.3 is 15.2 Å². The van der Waals surface area contributed by atoms with Crippen molar-refractivity contribution >= 4 is 5.78 Å². The van der Waals surface area contributed by atoms with Gasteiger partial charge in [0.05, 0.1) is 5.92 Å². The number of ketones is 1. The summed E-state index contributed by atoms with van der Waals surface area (Å²) in [5.41, 5.74) is 7.05. The first-order valence-corrected chi connectivity index (χ1v) is 8.30. The van der Waals surface area contributed by atoms with Crippen molar-refractivity contribution in [2.45, 2.75) is 32.6 Å². The van der Waals surface area contributed by atoms with Gasteiger partial charge in [-0.2, -0.15) is 10.5 Å². The van der Waals surface area contributed by atoms with Crippen molar-refractivity contribution in [3.8, 4) is 17.9 Å². The van der Waals surface area contributed by atoms with Crippen LogP contribution in [0.15, 0.2) is 47.1 Å². The number of hydrogen-bond donors (Lipinski definition) is 1. The van der Waals surface area contributed by atoms with Gasteiger partial charge in [0.25, 0.3) is 0 Å². The molecule has 1 aromatic rings. The number of benzene rings is 1. The molecule has 1 heterocycles. The summed E-state index contributed by atoms with van der Waals surface area (Å²) in [6, 6.07) is 11.1. The molecule has 0 saturated heterocycles. The Balaban J connectivity index is 2.18. The van der Waals surface area contributed by atoms with Crippen LogP contribution in [0.5, 0.6) is 5.75 Å². The predicted octanol–water partition coefficient (Wildman–Crippen LogP) is 3.04. The third kappa shape index (κ3) is 3.02. The number of nitrogens with two attached hydrogens (primary N) is 1. The normalized spacial score (nSPS) is 21.4. The number of rotatable bonds is 3. The van der Waals surface area contributed by atoms with E-state index in [9.17, 15) is 10.1 Å². The van der Waals surface area contributed by atoms with E-state index in [-0.39, 0.29) is 29.3 Å². The maximum atomic E-state index is 12.9. The summed E-state index contributed by atoms with van der Waals surface area (Å²) in [5, 5.41) is 18.5. The molecule has 1 aliphatic carbocycles. The molecule has 0 aromatic heterocycles. The minimum atomic E-state index is -0.651. The number of ether oxygens (including phenoxy) is 2. The first kappa shape index (κ1) is 17.6. The van der Waals surface area contributed by atoms with E-state index < -0.39 is 5.92 Å². The van der Waals surface area contributed by atoms with Crippen molar-refractivity contribution < 1.29 is 14.3 Å². The summed E-state index contributed by atoms with van der Waals surface area (Å²) in [6.07, 6.45) is 0.927. The fraction of sp³-hybridized carbons (Fsp3) is 0.350. The summed E-state index contributed by atoms with van der Waals surface area (Å²) >= 11 is 0. The zero-order valence-corrected chi connectivity index (χ0v) is 14.7. The van der Waals surface area contributed by atoms with Crippen molar-refractivity contribution in [3.05, 3.63) is 52.6 Å². The van der Waals surface area contributed by atoms with Crippen molar-refractivity contribution in [2.75, 3.05) is 6.61 Å². The Hall–Kier alpha value is -3.25. The van der Waals surface area contributed by atoms with E-state index in [1.54, 1.807) is 24.3 Å². The lowest BCUT2D eigenvalue weighted by Crippen LogP contribution is -2.33. The minimum Gasteiger partial charge on any atom is -0.478 e. The average molecular weight is 349 g/mol. The second kappa shape index (κ2) is 6.57. The molecular weight excluding hydrogens is 330 g/mol. The zero-order chi connectivity index (χ0) is 18.9. The van der Waals surface area contributed by atoms with Crippen LogP contribution in [-0.2, 0) is 9.53 Å². The van der Waals surface area contributed by atoms with Crippen LogP contribution in [0.2, 0.25) is 0 Å². The van der Waals surface area contributed by atoms with Gasteiger partial charge in [-0.05, 0) is 11.5 Å². The summed E-state index contributed by atoms with van der Waals surface area (Å²) < 4.78 is 11.2. The van der Waals surface area contributed by atoms with E-state index >= 15 is 0 Å². The van der Waals surface area contributed by atoms with Crippen molar-refractivity contribution in [1.29, 1.82) is 10.5 Å². The number of nitrogens with zero attached hydrogens (tertiary/aromatic N) is 2. The van der Waals surface area contributed by atoms with Crippen LogP contribution in [0.1, 0.15) is 38.2 Å². The number of allylic oxidation sites excluding steroid dienone is 3. The number of hydrogen-bond acceptors (Lipinski definition) is 6. The van der Waals surface area contributed by atoms with Gasteiger partial charge in [0.1, 0.15) is 29.2 Å². The van der Waals surface area contributed by atoms with Crippen LogP contribution in [-0.4, -0.2) is 12.4 Å². The summed E-state index contributed by atoms with van der Waals surface area (Å²) in [5.74, 6) is 0.268. The molecule has 3 rings (SSSR count). The highest BCUT2D eigenvalue weighted by Gasteiger charge is 2.43. The molecule has 0 bridgehead atoms. The van der Waals surface area contributed by atoms with E-state index in [0.29, 0.717) is 35.5 Å². The molecule has 6 nitrogen and oxygen atoms in total. The van der Waals surface area contributed by atoms with Crippen LogP contribution in [0.25, 0.3) is 0 Å². The van der Waals surface area contributed by atoms with Gasteiger partial charge >= 0.3 is 0 Å². The molecule has 2 aliphatic rings. The van der Waals surface area contributed by atoms with Crippen LogP contribution in [0.4, 0.5) is 0 Å². The Morgan fingerprint density at radius 1 is 1.31 bits per heavy atom. The molecule has 1 aliphatic heterocycles. The third-order valence-electron chi connectivity index (χ3n) is 4.60. The lowest BCUT2D eigenvalue weighted by molar-refractivity contribution is -0.119. The van der Waals surface area contributed by atoms with Gasteiger partial charge in [0.15, 0.2) is 12.4 Å². The number of carbonyl (C=O) groups is 1. The summed E-state index contributed by atoms with van der Waals surface area (Å²) in [6.45, 7) is 3.86. The Morgan fingerprint density at radius 3 is 2.73 bits per heavy atom. The van der Waals surface area contributed by atoms with E-state index in [4.69, 9.17) is 20.5 Å². The second-order valence-corrected chi connectivity index (χ2v) is 7.19. The van der Waals surface area contributed by atoms with Crippen molar-refractivity contribution in [3.63, 3.8) is 0 Å². The van der Waals surface area contributed by atoms with Gasteiger partial charge in [-0.25, -0.2) is 0 Å². The number of carbonyl (C=O) groups excluding carboxylic acids is 1. The first-order valence-electron chi connectivity index (χ1n) is 8.30. The molecule has 0 amide bonds. The maximum absolute atomic E-state index is 12.9. The largest absolute Gasteiger partial charge is 0.478 e. The SMILES string of the molecule is CC1(C)CC(=O)C2=C(C1)OC(N)=C(C#N)C2c1ccccc1OCC#N. The summed E-state index contributed by atoms with van der Waals surface area (Å²) in [7, 11) is 0. The predicted molar refractivity (Wildman–Crippen MR) is 93.3 cm³/mol. The number of Topliss-reactive ketones (excluding diaryl/α,β-unsaturated/α-hetero) is 1. The molecule has 0 radical (unpaired) electrons. The van der Waals surface area contributed by atoms with Gasteiger partial charge in [-0.1, -0.05) is 32.0 Å². The molecule has 0 saturated carbocycles. The fourth-order valence-electron chi connectivity index (χ4n) is 3.56. The smallest absolute Gasteiger partial charge is 0.205 e. The van der Waals surface area contributed by atoms with E-state index in [0.717, 1.165) is 0 Å². The average Bonchev–Trinajstić information content (AvgIpc) is 2.58. The monoisotopic (exact) mass is 349 g/mol. The van der Waals surface area contributed by atoms with Crippen LogP contribution in [0, 0.1) is 28.1 Å². The molecule has 132 valence electrons. The van der Waals surface area contributed by atoms with Crippen molar-refractivity contribution in [1.82, 2.24) is 0 Å². The molecule has 1 aromatic carbocycles. The molecule has 6 heteroatoms. The van der Waals surface area contributed by atoms with Gasteiger partial charge in [-0.15, -0.1) is 0 Å². The number of nitriles is 2. The molecule has 0 spiro atoms. The molecule has 2 N–H and O–H groups in total. The fourth-order valence-corrected chi connectivity index (χ4v) is 3.56. The lowest BCUT2D eigenvalue weighted by atomic mass is 9.70. The van der Waals surface area contributed by atoms with Gasteiger partial charge in [-0.3, -0.25) is 4.79 Å². The van der Waals surface area contributed by atoms with Crippen LogP contribution < -0.4 is 10.5 Å². The quantitative estimate of drug-likeness (QED) is 0.898. The highest BCUT2D eigenvalue weighted by Crippen LogP contribution is 2.49. The topological polar surface area (TPSA) is 109 Å². The van der Waals surface area contributed by atoms with Gasteiger partial charge in [0, 0.05) is 24.0 Å². The Bertz CT molecular complexity index is 913. The molecule has 0 fully saturated rings. The summed E-state index contributed by atoms with van der Waals surface area (Å²) in [4.78, 5) is 12.9. The Labute approximate surface area is 152 Å². The third-order valence-corrected chi connectivity index (χ3v) is 4.60. The van der Waals surface area contributed by atoms with E-state index in [1.807, 2.05) is 19.9 Å². The maximum Gasteiger partial charge on any atom is 0.205 e. The van der Waals surface area contributed by atoms with E-state index in [1.165, 1.54) is 0 Å². The highest BCUT2D eigenvalue weighted by molar-refractivity contribution is 6.00. The Morgan fingerprint density at radius 2 is 2.04 bits per heavy atom. The molecule has 1 unspecified atom stereocenters.